The molecular weight excluding hydrogens is 354 g/mol. The molecule has 9 heteroatoms. The lowest BCUT2D eigenvalue weighted by Crippen LogP contribution is -2.55. The molecule has 0 aromatic heterocycles. The molecule has 0 bridgehead atoms. The van der Waals surface area contributed by atoms with Crippen LogP contribution in [0.25, 0.3) is 0 Å². The minimum absolute atomic E-state index is 0.0774. The molecule has 1 fully saturated rings. The van der Waals surface area contributed by atoms with E-state index in [9.17, 15) is 24.3 Å². The van der Waals surface area contributed by atoms with Crippen molar-refractivity contribution in [3.8, 4) is 0 Å². The van der Waals surface area contributed by atoms with E-state index in [-0.39, 0.29) is 19.7 Å². The van der Waals surface area contributed by atoms with Crippen LogP contribution >= 0.6 is 0 Å². The maximum Gasteiger partial charge on any atom is 0.407 e. The van der Waals surface area contributed by atoms with E-state index in [1.807, 2.05) is 18.2 Å². The largest absolute Gasteiger partial charge is 0.480 e. The molecule has 1 aromatic rings. The fourth-order valence-electron chi connectivity index (χ4n) is 2.85. The van der Waals surface area contributed by atoms with Crippen molar-refractivity contribution in [3.05, 3.63) is 35.9 Å². The quantitative estimate of drug-likeness (QED) is 0.522. The van der Waals surface area contributed by atoms with Crippen LogP contribution in [0.1, 0.15) is 31.2 Å². The first-order valence-corrected chi connectivity index (χ1v) is 8.67. The highest BCUT2D eigenvalue weighted by Crippen LogP contribution is 2.29. The van der Waals surface area contributed by atoms with E-state index in [4.69, 9.17) is 4.74 Å². The number of benzene rings is 1. The predicted molar refractivity (Wildman–Crippen MR) is 94.6 cm³/mol. The van der Waals surface area contributed by atoms with Crippen molar-refractivity contribution < 1.29 is 29.0 Å². The van der Waals surface area contributed by atoms with Crippen LogP contribution in [-0.4, -0.2) is 47.6 Å². The van der Waals surface area contributed by atoms with Crippen molar-refractivity contribution in [2.24, 2.45) is 0 Å². The zero-order valence-corrected chi connectivity index (χ0v) is 14.8. The number of nitrogens with one attached hydrogen (secondary N) is 3. The number of ether oxygens (including phenoxy) is 1. The maximum atomic E-state index is 11.9. The number of rotatable bonds is 8. The number of carboxylic acids is 1. The Morgan fingerprint density at radius 2 is 1.59 bits per heavy atom. The molecule has 0 atom stereocenters. The molecule has 2 rings (SSSR count). The van der Waals surface area contributed by atoms with Gasteiger partial charge in [0, 0.05) is 0 Å². The minimum Gasteiger partial charge on any atom is -0.480 e. The second kappa shape index (κ2) is 9.56. The van der Waals surface area contributed by atoms with Crippen LogP contribution in [0.5, 0.6) is 0 Å². The number of aliphatic carboxylic acids is 1. The molecule has 146 valence electrons. The Morgan fingerprint density at radius 1 is 0.963 bits per heavy atom. The standard InChI is InChI=1S/C18H23N3O6/c22-14(10-20-17(26)27-12-13-6-2-1-3-7-13)19-11-15(23)21-18(16(24)25)8-4-5-9-18/h1-3,6-7H,4-5,8-12H2,(H,19,22)(H,20,26)(H,21,23)(H,24,25). The van der Waals surface area contributed by atoms with Crippen LogP contribution in [0.15, 0.2) is 30.3 Å². The molecule has 0 saturated heterocycles. The molecule has 4 N–H and O–H groups in total. The van der Waals surface area contributed by atoms with Crippen LogP contribution < -0.4 is 16.0 Å². The van der Waals surface area contributed by atoms with Gasteiger partial charge in [0.2, 0.25) is 11.8 Å². The molecule has 27 heavy (non-hydrogen) atoms. The summed E-state index contributed by atoms with van der Waals surface area (Å²) in [5.41, 5.74) is -0.436. The summed E-state index contributed by atoms with van der Waals surface area (Å²) in [5, 5.41) is 16.4. The summed E-state index contributed by atoms with van der Waals surface area (Å²) in [4.78, 5) is 46.5. The fraction of sp³-hybridized carbons (Fsp3) is 0.444. The smallest absolute Gasteiger partial charge is 0.407 e. The maximum absolute atomic E-state index is 11.9. The van der Waals surface area contributed by atoms with Crippen molar-refractivity contribution in [1.29, 1.82) is 0 Å². The van der Waals surface area contributed by atoms with E-state index in [2.05, 4.69) is 16.0 Å². The molecule has 1 aliphatic carbocycles. The Morgan fingerprint density at radius 3 is 2.22 bits per heavy atom. The zero-order valence-electron chi connectivity index (χ0n) is 14.8. The third-order valence-electron chi connectivity index (χ3n) is 4.30. The average molecular weight is 377 g/mol. The summed E-state index contributed by atoms with van der Waals surface area (Å²) in [6.07, 6.45) is 1.45. The van der Waals surface area contributed by atoms with Crippen molar-refractivity contribution in [2.45, 2.75) is 37.8 Å². The lowest BCUT2D eigenvalue weighted by molar-refractivity contribution is -0.147. The first kappa shape index (κ1) is 20.2. The molecule has 0 radical (unpaired) electrons. The first-order chi connectivity index (χ1) is 12.9. The summed E-state index contributed by atoms with van der Waals surface area (Å²) in [6, 6.07) is 9.07. The lowest BCUT2D eigenvalue weighted by atomic mass is 9.98. The van der Waals surface area contributed by atoms with Crippen molar-refractivity contribution in [1.82, 2.24) is 16.0 Å². The lowest BCUT2D eigenvalue weighted by Gasteiger charge is -2.25. The minimum atomic E-state index is -1.25. The zero-order chi connectivity index (χ0) is 19.7. The van der Waals surface area contributed by atoms with Gasteiger partial charge in [-0.3, -0.25) is 9.59 Å². The number of hydrogen-bond acceptors (Lipinski definition) is 5. The summed E-state index contributed by atoms with van der Waals surface area (Å²) in [7, 11) is 0. The number of carbonyl (C=O) groups excluding carboxylic acids is 3. The van der Waals surface area contributed by atoms with Gasteiger partial charge in [0.25, 0.3) is 0 Å². The van der Waals surface area contributed by atoms with E-state index in [1.54, 1.807) is 12.1 Å². The van der Waals surface area contributed by atoms with Crippen molar-refractivity contribution >= 4 is 23.9 Å². The second-order valence-corrected chi connectivity index (χ2v) is 6.33. The Labute approximate surface area is 156 Å². The second-order valence-electron chi connectivity index (χ2n) is 6.33. The van der Waals surface area contributed by atoms with E-state index in [0.717, 1.165) is 18.4 Å². The van der Waals surface area contributed by atoms with Crippen LogP contribution in [0, 0.1) is 0 Å². The van der Waals surface area contributed by atoms with Gasteiger partial charge in [-0.05, 0) is 18.4 Å². The fourth-order valence-corrected chi connectivity index (χ4v) is 2.85. The molecule has 1 aliphatic rings. The molecule has 9 nitrogen and oxygen atoms in total. The predicted octanol–water partition coefficient (Wildman–Crippen LogP) is 0.543. The number of hydrogen-bond donors (Lipinski definition) is 4. The number of carboxylic acid groups (broad SMARTS) is 1. The van der Waals surface area contributed by atoms with Gasteiger partial charge in [-0.1, -0.05) is 43.2 Å². The number of amides is 3. The van der Waals surface area contributed by atoms with Crippen LogP contribution in [-0.2, 0) is 25.7 Å². The molecule has 0 spiro atoms. The average Bonchev–Trinajstić information content (AvgIpc) is 3.13. The van der Waals surface area contributed by atoms with Crippen LogP contribution in [0.4, 0.5) is 4.79 Å². The van der Waals surface area contributed by atoms with Gasteiger partial charge >= 0.3 is 12.1 Å². The highest BCUT2D eigenvalue weighted by Gasteiger charge is 2.42. The van der Waals surface area contributed by atoms with Gasteiger partial charge in [0.05, 0.1) is 6.54 Å². The third-order valence-corrected chi connectivity index (χ3v) is 4.30. The van der Waals surface area contributed by atoms with E-state index in [1.165, 1.54) is 0 Å². The summed E-state index contributed by atoms with van der Waals surface area (Å²) >= 11 is 0. The van der Waals surface area contributed by atoms with Gasteiger partial charge in [-0.25, -0.2) is 9.59 Å². The molecule has 1 saturated carbocycles. The molecule has 0 heterocycles. The third kappa shape index (κ3) is 6.28. The van der Waals surface area contributed by atoms with Gasteiger partial charge in [0.15, 0.2) is 0 Å². The summed E-state index contributed by atoms with van der Waals surface area (Å²) in [6.45, 7) is -0.645. The Balaban J connectivity index is 1.64. The Hall–Kier alpha value is -3.10. The Bertz CT molecular complexity index is 686. The summed E-state index contributed by atoms with van der Waals surface area (Å²) in [5.74, 6) is -2.24. The van der Waals surface area contributed by atoms with Gasteiger partial charge in [-0.15, -0.1) is 0 Å². The van der Waals surface area contributed by atoms with Crippen LogP contribution in [0.2, 0.25) is 0 Å². The van der Waals surface area contributed by atoms with E-state index in [0.29, 0.717) is 12.8 Å². The highest BCUT2D eigenvalue weighted by atomic mass is 16.5. The molecular formula is C18H23N3O6. The monoisotopic (exact) mass is 377 g/mol. The van der Waals surface area contributed by atoms with Gasteiger partial charge < -0.3 is 25.8 Å². The molecule has 0 aliphatic heterocycles. The Kier molecular flexibility index (Phi) is 7.16. The van der Waals surface area contributed by atoms with E-state index >= 15 is 0 Å². The SMILES string of the molecule is O=C(CNC(=O)OCc1ccccc1)NCC(=O)NC1(C(=O)O)CCCC1. The highest BCUT2D eigenvalue weighted by molar-refractivity contribution is 5.91. The first-order valence-electron chi connectivity index (χ1n) is 8.67. The molecule has 0 unspecified atom stereocenters. The van der Waals surface area contributed by atoms with Crippen molar-refractivity contribution in [3.63, 3.8) is 0 Å². The number of carbonyl (C=O) groups is 4. The topological polar surface area (TPSA) is 134 Å². The summed E-state index contributed by atoms with van der Waals surface area (Å²) < 4.78 is 4.96. The number of alkyl carbamates (subject to hydrolysis) is 1. The van der Waals surface area contributed by atoms with Gasteiger partial charge in [-0.2, -0.15) is 0 Å². The molecule has 3 amide bonds. The normalized spacial score (nSPS) is 14.8. The van der Waals surface area contributed by atoms with E-state index < -0.39 is 29.4 Å². The molecule has 1 aromatic carbocycles. The van der Waals surface area contributed by atoms with Gasteiger partial charge in [0.1, 0.15) is 18.7 Å². The van der Waals surface area contributed by atoms with Crippen LogP contribution in [0.3, 0.4) is 0 Å². The van der Waals surface area contributed by atoms with Crippen molar-refractivity contribution in [2.75, 3.05) is 13.1 Å².